The lowest BCUT2D eigenvalue weighted by Crippen LogP contribution is -2.27. The highest BCUT2D eigenvalue weighted by Crippen LogP contribution is 2.32. The Morgan fingerprint density at radius 3 is 3.09 bits per heavy atom. The maximum Gasteiger partial charge on any atom is 0.491 e. The first-order chi connectivity index (χ1) is 10.7. The van der Waals surface area contributed by atoms with Crippen LogP contribution in [0.5, 0.6) is 17.4 Å². The van der Waals surface area contributed by atoms with E-state index < -0.39 is 7.12 Å². The molecule has 0 aliphatic carbocycles. The zero-order chi connectivity index (χ0) is 15.5. The molecule has 1 aliphatic rings. The monoisotopic (exact) mass is 296 g/mol. The number of benzene rings is 1. The van der Waals surface area contributed by atoms with Crippen LogP contribution in [0.2, 0.25) is 0 Å². The van der Waals surface area contributed by atoms with Gasteiger partial charge in [-0.2, -0.15) is 0 Å². The molecule has 2 aromatic rings. The number of nitrogens with zero attached hydrogens (tertiary/aromatic N) is 2. The molecule has 0 atom stereocenters. The summed E-state index contributed by atoms with van der Waals surface area (Å²) in [5, 5.41) is 9.60. The molecule has 22 heavy (non-hydrogen) atoms. The second-order valence-corrected chi connectivity index (χ2v) is 4.66. The third-order valence-electron chi connectivity index (χ3n) is 3.24. The highest BCUT2D eigenvalue weighted by atomic mass is 16.5. The van der Waals surface area contributed by atoms with Crippen LogP contribution < -0.4 is 14.9 Å². The van der Waals surface area contributed by atoms with Crippen LogP contribution in [-0.2, 0) is 11.3 Å². The Bertz CT molecular complexity index is 745. The van der Waals surface area contributed by atoms with Crippen LogP contribution in [0.15, 0.2) is 30.5 Å². The number of hydrogen-bond donors (Lipinski definition) is 1. The summed E-state index contributed by atoms with van der Waals surface area (Å²) in [4.78, 5) is 7.46. The Labute approximate surface area is 128 Å². The lowest BCUT2D eigenvalue weighted by atomic mass is 9.80. The first kappa shape index (κ1) is 14.4. The van der Waals surface area contributed by atoms with Crippen molar-refractivity contribution < 1.29 is 19.2 Å². The van der Waals surface area contributed by atoms with E-state index in [9.17, 15) is 5.02 Å². The molecule has 0 bridgehead atoms. The second kappa shape index (κ2) is 6.06. The summed E-state index contributed by atoms with van der Waals surface area (Å²) in [5.41, 5.74) is 1.98. The van der Waals surface area contributed by atoms with Gasteiger partial charge in [0.05, 0.1) is 19.8 Å². The number of fused-ring (bicyclic) bond motifs is 1. The first-order valence-corrected chi connectivity index (χ1v) is 6.82. The lowest BCUT2D eigenvalue weighted by molar-refractivity contribution is 0.275. The fourth-order valence-electron chi connectivity index (χ4n) is 2.21. The predicted molar refractivity (Wildman–Crippen MR) is 80.6 cm³/mol. The third-order valence-corrected chi connectivity index (χ3v) is 3.24. The van der Waals surface area contributed by atoms with Crippen LogP contribution in [0.4, 0.5) is 5.69 Å². The molecule has 0 unspecified atom stereocenters. The number of pyridine rings is 1. The molecule has 110 valence electrons. The van der Waals surface area contributed by atoms with Crippen LogP contribution in [0.1, 0.15) is 12.5 Å². The summed E-state index contributed by atoms with van der Waals surface area (Å²) >= 11 is 0. The molecule has 1 aromatic heterocycles. The van der Waals surface area contributed by atoms with Gasteiger partial charge in [0.15, 0.2) is 0 Å². The maximum atomic E-state index is 9.60. The van der Waals surface area contributed by atoms with Crippen molar-refractivity contribution >= 4 is 18.3 Å². The van der Waals surface area contributed by atoms with Gasteiger partial charge >= 0.3 is 7.12 Å². The Balaban J connectivity index is 1.84. The molecular weight excluding hydrogens is 283 g/mol. The normalized spacial score (nSPS) is 12.7. The summed E-state index contributed by atoms with van der Waals surface area (Å²) in [5.74, 6) is 1.37. The quantitative estimate of drug-likeness (QED) is 0.691. The minimum atomic E-state index is -0.871. The SMILES string of the molecule is [C-]#[N+]c1cnc(Oc2ccc3c(c2)COB3O)cc1OCC. The molecule has 0 radical (unpaired) electrons. The van der Waals surface area contributed by atoms with Gasteiger partial charge < -0.3 is 19.2 Å². The summed E-state index contributed by atoms with van der Waals surface area (Å²) in [7, 11) is -0.871. The van der Waals surface area contributed by atoms with Crippen molar-refractivity contribution in [1.29, 1.82) is 0 Å². The van der Waals surface area contributed by atoms with Crippen LogP contribution in [0.3, 0.4) is 0 Å². The molecular formula is C15H13BN2O4. The molecule has 0 spiro atoms. The minimum absolute atomic E-state index is 0.343. The Morgan fingerprint density at radius 1 is 1.45 bits per heavy atom. The van der Waals surface area contributed by atoms with Gasteiger partial charge in [-0.1, -0.05) is 6.07 Å². The Hall–Kier alpha value is -2.56. The molecule has 2 heterocycles. The largest absolute Gasteiger partial charge is 0.505 e. The average molecular weight is 296 g/mol. The Morgan fingerprint density at radius 2 is 2.32 bits per heavy atom. The number of hydrogen-bond acceptors (Lipinski definition) is 5. The van der Waals surface area contributed by atoms with Crippen LogP contribution in [0.25, 0.3) is 4.85 Å². The molecule has 6 nitrogen and oxygen atoms in total. The fraction of sp³-hybridized carbons (Fsp3) is 0.200. The molecule has 3 rings (SSSR count). The third kappa shape index (κ3) is 2.75. The predicted octanol–water partition coefficient (Wildman–Crippen LogP) is 2.04. The van der Waals surface area contributed by atoms with E-state index in [1.807, 2.05) is 6.92 Å². The summed E-state index contributed by atoms with van der Waals surface area (Å²) in [6.45, 7) is 9.74. The van der Waals surface area contributed by atoms with Crippen molar-refractivity contribution in [3.05, 3.63) is 47.4 Å². The van der Waals surface area contributed by atoms with Gasteiger partial charge in [-0.3, -0.25) is 0 Å². The molecule has 0 amide bonds. The average Bonchev–Trinajstić information content (AvgIpc) is 2.89. The number of ether oxygens (including phenoxy) is 2. The van der Waals surface area contributed by atoms with E-state index in [4.69, 9.17) is 20.7 Å². The van der Waals surface area contributed by atoms with Gasteiger partial charge in [0.1, 0.15) is 11.5 Å². The van der Waals surface area contributed by atoms with Crippen LogP contribution in [-0.4, -0.2) is 23.7 Å². The minimum Gasteiger partial charge on any atom is -0.505 e. The summed E-state index contributed by atoms with van der Waals surface area (Å²) < 4.78 is 16.2. The fourth-order valence-corrected chi connectivity index (χ4v) is 2.21. The van der Waals surface area contributed by atoms with E-state index in [-0.39, 0.29) is 0 Å². The van der Waals surface area contributed by atoms with Crippen molar-refractivity contribution in [3.8, 4) is 17.4 Å². The highest BCUT2D eigenvalue weighted by molar-refractivity contribution is 6.61. The number of aromatic nitrogens is 1. The maximum absolute atomic E-state index is 9.60. The van der Waals surface area contributed by atoms with Crippen molar-refractivity contribution in [1.82, 2.24) is 4.98 Å². The van der Waals surface area contributed by atoms with Crippen molar-refractivity contribution in [2.24, 2.45) is 0 Å². The topological polar surface area (TPSA) is 65.2 Å². The smallest absolute Gasteiger partial charge is 0.491 e. The van der Waals surface area contributed by atoms with Crippen LogP contribution in [0, 0.1) is 6.57 Å². The van der Waals surface area contributed by atoms with E-state index in [0.717, 1.165) is 11.0 Å². The van der Waals surface area contributed by atoms with Crippen molar-refractivity contribution in [3.63, 3.8) is 0 Å². The zero-order valence-electron chi connectivity index (χ0n) is 11.9. The summed E-state index contributed by atoms with van der Waals surface area (Å²) in [6, 6.07) is 6.90. The highest BCUT2D eigenvalue weighted by Gasteiger charge is 2.27. The molecule has 1 aliphatic heterocycles. The zero-order valence-corrected chi connectivity index (χ0v) is 11.9. The first-order valence-electron chi connectivity index (χ1n) is 6.82. The Kier molecular flexibility index (Phi) is 3.96. The molecule has 1 N–H and O–H groups in total. The molecule has 0 fully saturated rings. The van der Waals surface area contributed by atoms with Gasteiger partial charge in [-0.15, -0.1) is 0 Å². The molecule has 7 heteroatoms. The van der Waals surface area contributed by atoms with Gasteiger partial charge in [0, 0.05) is 12.3 Å². The van der Waals surface area contributed by atoms with E-state index in [0.29, 0.717) is 36.3 Å². The van der Waals surface area contributed by atoms with E-state index in [1.165, 1.54) is 6.20 Å². The number of rotatable bonds is 4. The van der Waals surface area contributed by atoms with E-state index >= 15 is 0 Å². The van der Waals surface area contributed by atoms with E-state index in [2.05, 4.69) is 9.83 Å². The molecule has 0 saturated carbocycles. The van der Waals surface area contributed by atoms with Gasteiger partial charge in [0.25, 0.3) is 0 Å². The van der Waals surface area contributed by atoms with Gasteiger partial charge in [0.2, 0.25) is 11.6 Å². The van der Waals surface area contributed by atoms with Crippen LogP contribution >= 0.6 is 0 Å². The second-order valence-electron chi connectivity index (χ2n) is 4.66. The van der Waals surface area contributed by atoms with E-state index in [1.54, 1.807) is 24.3 Å². The summed E-state index contributed by atoms with van der Waals surface area (Å²) in [6.07, 6.45) is 1.42. The molecule has 1 aromatic carbocycles. The van der Waals surface area contributed by atoms with Gasteiger partial charge in [-0.25, -0.2) is 9.83 Å². The standard InChI is InChI=1S/C15H13BN2O4/c1-3-20-14-7-15(18-8-13(14)17-2)22-11-4-5-12-10(6-11)9-21-16(12)19/h4-8,19H,3,9H2,1H3. The van der Waals surface area contributed by atoms with Crippen molar-refractivity contribution in [2.75, 3.05) is 6.61 Å². The van der Waals surface area contributed by atoms with Crippen molar-refractivity contribution in [2.45, 2.75) is 13.5 Å². The lowest BCUT2D eigenvalue weighted by Gasteiger charge is -2.09. The van der Waals surface area contributed by atoms with Gasteiger partial charge in [-0.05, 0) is 30.1 Å². The molecule has 0 saturated heterocycles.